The fraction of sp³-hybridized carbons (Fsp3) is 0.238. The molecule has 1 aromatic carbocycles. The number of benzene rings is 1. The number of fused-ring (bicyclic) bond motifs is 1. The lowest BCUT2D eigenvalue weighted by atomic mass is 10.00. The zero-order chi connectivity index (χ0) is 22.1. The van der Waals surface area contributed by atoms with E-state index in [0.29, 0.717) is 34.0 Å². The average molecular weight is 440 g/mol. The number of nitrogens with one attached hydrogen (secondary N) is 2. The van der Waals surface area contributed by atoms with Crippen LogP contribution in [0.15, 0.2) is 56.7 Å². The van der Waals surface area contributed by atoms with Crippen LogP contribution in [0, 0.1) is 6.92 Å². The maximum atomic E-state index is 13.0. The molecule has 0 fully saturated rings. The van der Waals surface area contributed by atoms with Gasteiger partial charge in [0, 0.05) is 18.2 Å². The molecule has 1 amide bonds. The number of hydrogen-bond donors (Lipinski definition) is 2. The van der Waals surface area contributed by atoms with Crippen LogP contribution < -0.4 is 10.7 Å². The molecule has 10 heteroatoms. The zero-order valence-corrected chi connectivity index (χ0v) is 17.9. The first-order valence-electron chi connectivity index (χ1n) is 9.58. The minimum Gasteiger partial charge on any atom is -0.467 e. The molecule has 0 bridgehead atoms. The Labute approximate surface area is 183 Å². The van der Waals surface area contributed by atoms with E-state index < -0.39 is 17.9 Å². The number of thiocarbonyl (C=S) groups is 1. The average Bonchev–Trinajstić information content (AvgIpc) is 3.37. The number of carbonyl (C=O) groups is 2. The SMILES string of the molecule is CCOC(=O)C1=C(C)NC(=S)N(NC(=O)c2ccc3oc(C)nc3c2)C1c1ccco1. The van der Waals surface area contributed by atoms with Gasteiger partial charge in [-0.2, -0.15) is 0 Å². The van der Waals surface area contributed by atoms with Gasteiger partial charge in [0.05, 0.1) is 18.4 Å². The Morgan fingerprint density at radius 1 is 1.32 bits per heavy atom. The lowest BCUT2D eigenvalue weighted by molar-refractivity contribution is -0.139. The molecule has 2 aromatic heterocycles. The van der Waals surface area contributed by atoms with Crippen LogP contribution in [-0.2, 0) is 9.53 Å². The van der Waals surface area contributed by atoms with Crippen LogP contribution in [0.5, 0.6) is 0 Å². The van der Waals surface area contributed by atoms with Gasteiger partial charge in [-0.15, -0.1) is 0 Å². The summed E-state index contributed by atoms with van der Waals surface area (Å²) in [4.78, 5) is 30.0. The normalized spacial score (nSPS) is 16.4. The molecule has 160 valence electrons. The first-order valence-corrected chi connectivity index (χ1v) is 9.99. The van der Waals surface area contributed by atoms with Gasteiger partial charge in [0.15, 0.2) is 16.6 Å². The Balaban J connectivity index is 1.69. The highest BCUT2D eigenvalue weighted by atomic mass is 32.1. The van der Waals surface area contributed by atoms with Crippen LogP contribution in [0.4, 0.5) is 0 Å². The number of oxazole rings is 1. The maximum Gasteiger partial charge on any atom is 0.338 e. The van der Waals surface area contributed by atoms with Crippen LogP contribution in [0.1, 0.15) is 41.9 Å². The molecule has 1 unspecified atom stereocenters. The van der Waals surface area contributed by atoms with Crippen LogP contribution in [0.2, 0.25) is 0 Å². The van der Waals surface area contributed by atoms with Gasteiger partial charge in [0.2, 0.25) is 0 Å². The third-order valence-corrected chi connectivity index (χ3v) is 5.03. The summed E-state index contributed by atoms with van der Waals surface area (Å²) in [5.74, 6) is -0.0400. The minimum atomic E-state index is -0.801. The Morgan fingerprint density at radius 3 is 2.84 bits per heavy atom. The molecule has 1 atom stereocenters. The second-order valence-corrected chi connectivity index (χ2v) is 7.22. The summed E-state index contributed by atoms with van der Waals surface area (Å²) in [6.45, 7) is 5.37. The van der Waals surface area contributed by atoms with Crippen LogP contribution >= 0.6 is 12.2 Å². The number of aromatic nitrogens is 1. The molecular weight excluding hydrogens is 420 g/mol. The number of hydrazine groups is 1. The summed E-state index contributed by atoms with van der Waals surface area (Å²) in [6, 6.07) is 7.52. The van der Waals surface area contributed by atoms with Crippen LogP contribution in [-0.4, -0.2) is 33.6 Å². The van der Waals surface area contributed by atoms with E-state index in [9.17, 15) is 9.59 Å². The Kier molecular flexibility index (Phi) is 5.47. The summed E-state index contributed by atoms with van der Waals surface area (Å²) < 4.78 is 16.2. The van der Waals surface area contributed by atoms with Crippen molar-refractivity contribution in [1.82, 2.24) is 20.7 Å². The lowest BCUT2D eigenvalue weighted by Gasteiger charge is -2.38. The number of carbonyl (C=O) groups excluding carboxylic acids is 2. The van der Waals surface area contributed by atoms with Crippen molar-refractivity contribution in [3.63, 3.8) is 0 Å². The van der Waals surface area contributed by atoms with Crippen molar-refractivity contribution in [1.29, 1.82) is 0 Å². The molecule has 0 radical (unpaired) electrons. The zero-order valence-electron chi connectivity index (χ0n) is 17.1. The highest BCUT2D eigenvalue weighted by molar-refractivity contribution is 7.80. The Hall–Kier alpha value is -3.66. The van der Waals surface area contributed by atoms with Gasteiger partial charge in [-0.3, -0.25) is 10.2 Å². The molecule has 4 rings (SSSR count). The van der Waals surface area contributed by atoms with Crippen molar-refractivity contribution in [2.45, 2.75) is 26.8 Å². The fourth-order valence-electron chi connectivity index (χ4n) is 3.40. The van der Waals surface area contributed by atoms with E-state index in [4.69, 9.17) is 25.8 Å². The minimum absolute atomic E-state index is 0.203. The van der Waals surface area contributed by atoms with E-state index in [1.54, 1.807) is 51.1 Å². The highest BCUT2D eigenvalue weighted by Gasteiger charge is 2.39. The lowest BCUT2D eigenvalue weighted by Crippen LogP contribution is -2.56. The Bertz CT molecular complexity index is 1200. The number of furan rings is 1. The number of rotatable bonds is 5. The van der Waals surface area contributed by atoms with Gasteiger partial charge in [-0.1, -0.05) is 0 Å². The first-order chi connectivity index (χ1) is 14.9. The second-order valence-electron chi connectivity index (χ2n) is 6.83. The van der Waals surface area contributed by atoms with E-state index in [0.717, 1.165) is 0 Å². The molecule has 0 saturated carbocycles. The van der Waals surface area contributed by atoms with Gasteiger partial charge >= 0.3 is 5.97 Å². The van der Waals surface area contributed by atoms with Gasteiger partial charge in [-0.05, 0) is 56.4 Å². The van der Waals surface area contributed by atoms with Gasteiger partial charge < -0.3 is 18.9 Å². The number of esters is 1. The number of hydrogen-bond acceptors (Lipinski definition) is 7. The summed E-state index contributed by atoms with van der Waals surface area (Å²) in [5.41, 5.74) is 5.08. The second kappa shape index (κ2) is 8.23. The van der Waals surface area contributed by atoms with Gasteiger partial charge in [0.1, 0.15) is 17.3 Å². The molecule has 3 heterocycles. The van der Waals surface area contributed by atoms with E-state index in [2.05, 4.69) is 15.7 Å². The molecule has 0 spiro atoms. The van der Waals surface area contributed by atoms with Crippen LogP contribution in [0.25, 0.3) is 11.1 Å². The third-order valence-electron chi connectivity index (χ3n) is 4.74. The molecule has 31 heavy (non-hydrogen) atoms. The molecule has 1 aliphatic rings. The summed E-state index contributed by atoms with van der Waals surface area (Å²) in [6.07, 6.45) is 1.49. The van der Waals surface area contributed by atoms with Crippen molar-refractivity contribution in [3.05, 3.63) is 65.1 Å². The van der Waals surface area contributed by atoms with E-state index in [1.807, 2.05) is 0 Å². The maximum absolute atomic E-state index is 13.0. The van der Waals surface area contributed by atoms with Crippen molar-refractivity contribution in [3.8, 4) is 0 Å². The molecule has 0 aliphatic carbocycles. The fourth-order valence-corrected chi connectivity index (χ4v) is 3.71. The summed E-state index contributed by atoms with van der Waals surface area (Å²) >= 11 is 5.45. The predicted molar refractivity (Wildman–Crippen MR) is 115 cm³/mol. The number of ether oxygens (including phenoxy) is 1. The molecule has 2 N–H and O–H groups in total. The van der Waals surface area contributed by atoms with Gasteiger partial charge in [-0.25, -0.2) is 14.8 Å². The predicted octanol–water partition coefficient (Wildman–Crippen LogP) is 3.14. The van der Waals surface area contributed by atoms with Crippen LogP contribution in [0.3, 0.4) is 0 Å². The van der Waals surface area contributed by atoms with E-state index in [1.165, 1.54) is 11.3 Å². The summed E-state index contributed by atoms with van der Waals surface area (Å²) in [7, 11) is 0. The van der Waals surface area contributed by atoms with Crippen molar-refractivity contribution >= 4 is 40.3 Å². The monoisotopic (exact) mass is 440 g/mol. The number of amides is 1. The van der Waals surface area contributed by atoms with E-state index >= 15 is 0 Å². The third kappa shape index (κ3) is 3.89. The smallest absolute Gasteiger partial charge is 0.338 e. The molecule has 0 saturated heterocycles. The topological polar surface area (TPSA) is 110 Å². The summed E-state index contributed by atoms with van der Waals surface area (Å²) in [5, 5.41) is 4.54. The first kappa shape index (κ1) is 20.6. The molecular formula is C21H20N4O5S. The van der Waals surface area contributed by atoms with Crippen molar-refractivity contribution in [2.75, 3.05) is 6.61 Å². The standard InChI is InChI=1S/C21H20N4O5S/c1-4-28-20(27)17-11(2)22-21(31)25(18(17)16-6-5-9-29-16)24-19(26)13-7-8-15-14(10-13)23-12(3)30-15/h5-10,18H,4H2,1-3H3,(H,22,31)(H,24,26). The highest BCUT2D eigenvalue weighted by Crippen LogP contribution is 2.33. The number of nitrogens with zero attached hydrogens (tertiary/aromatic N) is 2. The largest absolute Gasteiger partial charge is 0.467 e. The van der Waals surface area contributed by atoms with Crippen molar-refractivity contribution < 1.29 is 23.2 Å². The number of aryl methyl sites for hydroxylation is 1. The Morgan fingerprint density at radius 2 is 2.13 bits per heavy atom. The van der Waals surface area contributed by atoms with Gasteiger partial charge in [0.25, 0.3) is 5.91 Å². The molecule has 3 aromatic rings. The van der Waals surface area contributed by atoms with E-state index in [-0.39, 0.29) is 17.3 Å². The molecule has 9 nitrogen and oxygen atoms in total. The quantitative estimate of drug-likeness (QED) is 0.457. The number of allylic oxidation sites excluding steroid dienone is 1. The molecule has 1 aliphatic heterocycles. The van der Waals surface area contributed by atoms with Crippen molar-refractivity contribution in [2.24, 2.45) is 0 Å².